The van der Waals surface area contributed by atoms with Crippen LogP contribution in [0.5, 0.6) is 11.5 Å². The maximum absolute atomic E-state index is 5.82. The lowest BCUT2D eigenvalue weighted by atomic mass is 10.0. The Morgan fingerprint density at radius 1 is 1.04 bits per heavy atom. The second kappa shape index (κ2) is 7.81. The number of rotatable bonds is 5. The summed E-state index contributed by atoms with van der Waals surface area (Å²) in [7, 11) is 3.26. The average molecular weight is 386 g/mol. The Hall–Kier alpha value is -2.58. The van der Waals surface area contributed by atoms with Gasteiger partial charge in [-0.05, 0) is 19.1 Å². The molecule has 0 aliphatic carbocycles. The highest BCUT2D eigenvalue weighted by Crippen LogP contribution is 2.34. The second-order valence-corrected chi connectivity index (χ2v) is 6.98. The molecule has 2 aliphatic heterocycles. The zero-order chi connectivity index (χ0) is 19.6. The fourth-order valence-electron chi connectivity index (χ4n) is 3.66. The quantitative estimate of drug-likeness (QED) is 0.841. The predicted molar refractivity (Wildman–Crippen MR) is 106 cm³/mol. The molecule has 1 aromatic heterocycles. The summed E-state index contributed by atoms with van der Waals surface area (Å²) in [6, 6.07) is 7.57. The van der Waals surface area contributed by atoms with E-state index in [2.05, 4.69) is 15.2 Å². The van der Waals surface area contributed by atoms with Gasteiger partial charge in [0.15, 0.2) is 5.79 Å². The van der Waals surface area contributed by atoms with Gasteiger partial charge in [-0.15, -0.1) is 0 Å². The van der Waals surface area contributed by atoms with Gasteiger partial charge in [-0.2, -0.15) is 4.98 Å². The van der Waals surface area contributed by atoms with Crippen molar-refractivity contribution in [3.8, 4) is 11.5 Å². The lowest BCUT2D eigenvalue weighted by Gasteiger charge is -2.38. The first-order valence-electron chi connectivity index (χ1n) is 9.48. The van der Waals surface area contributed by atoms with Crippen LogP contribution in [0.15, 0.2) is 24.3 Å². The smallest absolute Gasteiger partial charge is 0.229 e. The number of hydrogen-bond donors (Lipinski definition) is 1. The fourth-order valence-corrected chi connectivity index (χ4v) is 3.66. The number of benzene rings is 1. The Morgan fingerprint density at radius 3 is 2.46 bits per heavy atom. The minimum Gasteiger partial charge on any atom is -0.497 e. The lowest BCUT2D eigenvalue weighted by Crippen LogP contribution is -2.45. The topological polar surface area (TPSA) is 78.0 Å². The van der Waals surface area contributed by atoms with Crippen molar-refractivity contribution in [3.05, 3.63) is 30.0 Å². The SMILES string of the molecule is COc1ccc(OC)c(Nc2nc(C)cc(N3CCC4(CC3)OCCO4)n2)c1. The molecule has 3 heterocycles. The van der Waals surface area contributed by atoms with E-state index in [4.69, 9.17) is 23.9 Å². The van der Waals surface area contributed by atoms with E-state index in [9.17, 15) is 0 Å². The van der Waals surface area contributed by atoms with E-state index in [0.717, 1.165) is 48.9 Å². The Balaban J connectivity index is 1.53. The van der Waals surface area contributed by atoms with Crippen molar-refractivity contribution in [1.29, 1.82) is 0 Å². The number of aromatic nitrogens is 2. The van der Waals surface area contributed by atoms with Gasteiger partial charge in [0.25, 0.3) is 0 Å². The molecular formula is C20H26N4O4. The standard InChI is InChI=1S/C20H26N4O4/c1-14-12-18(24-8-6-20(7-9-24)27-10-11-28-20)23-19(21-14)22-16-13-15(25-2)4-5-17(16)26-3/h4-5,12-13H,6-11H2,1-3H3,(H,21,22,23). The molecule has 1 spiro atoms. The number of nitrogens with zero attached hydrogens (tertiary/aromatic N) is 3. The molecule has 2 aromatic rings. The maximum atomic E-state index is 5.82. The number of ether oxygens (including phenoxy) is 4. The number of methoxy groups -OCH3 is 2. The van der Waals surface area contributed by atoms with Crippen LogP contribution in [-0.4, -0.2) is 56.3 Å². The molecule has 28 heavy (non-hydrogen) atoms. The van der Waals surface area contributed by atoms with Crippen LogP contribution in [0.1, 0.15) is 18.5 Å². The van der Waals surface area contributed by atoms with E-state index >= 15 is 0 Å². The van der Waals surface area contributed by atoms with Crippen LogP contribution in [0.2, 0.25) is 0 Å². The van der Waals surface area contributed by atoms with Gasteiger partial charge in [0, 0.05) is 43.8 Å². The number of nitrogens with one attached hydrogen (secondary N) is 1. The lowest BCUT2D eigenvalue weighted by molar-refractivity contribution is -0.169. The maximum Gasteiger partial charge on any atom is 0.229 e. The van der Waals surface area contributed by atoms with E-state index in [1.807, 2.05) is 31.2 Å². The summed E-state index contributed by atoms with van der Waals surface area (Å²) in [5.41, 5.74) is 1.65. The molecule has 1 aromatic carbocycles. The van der Waals surface area contributed by atoms with Crippen LogP contribution in [0.3, 0.4) is 0 Å². The summed E-state index contributed by atoms with van der Waals surface area (Å²) in [6.45, 7) is 5.00. The number of anilines is 3. The Bertz CT molecular complexity index is 829. The molecule has 8 nitrogen and oxygen atoms in total. The minimum absolute atomic E-state index is 0.395. The Kier molecular flexibility index (Phi) is 5.23. The van der Waals surface area contributed by atoms with E-state index in [1.165, 1.54) is 0 Å². The van der Waals surface area contributed by atoms with E-state index in [0.29, 0.717) is 24.9 Å². The van der Waals surface area contributed by atoms with Crippen molar-refractivity contribution in [2.45, 2.75) is 25.6 Å². The Labute approximate surface area is 164 Å². The molecule has 0 radical (unpaired) electrons. The van der Waals surface area contributed by atoms with Gasteiger partial charge < -0.3 is 29.2 Å². The average Bonchev–Trinajstić information content (AvgIpc) is 3.16. The van der Waals surface area contributed by atoms with Crippen molar-refractivity contribution < 1.29 is 18.9 Å². The predicted octanol–water partition coefficient (Wildman–Crippen LogP) is 2.89. The molecular weight excluding hydrogens is 360 g/mol. The van der Waals surface area contributed by atoms with Crippen molar-refractivity contribution in [1.82, 2.24) is 9.97 Å². The highest BCUT2D eigenvalue weighted by Gasteiger charge is 2.40. The van der Waals surface area contributed by atoms with Gasteiger partial charge in [0.2, 0.25) is 5.95 Å². The van der Waals surface area contributed by atoms with E-state index < -0.39 is 5.79 Å². The molecule has 8 heteroatoms. The van der Waals surface area contributed by atoms with Gasteiger partial charge in [-0.1, -0.05) is 0 Å². The normalized spacial score (nSPS) is 18.3. The van der Waals surface area contributed by atoms with Crippen LogP contribution in [-0.2, 0) is 9.47 Å². The summed E-state index contributed by atoms with van der Waals surface area (Å²) in [6.07, 6.45) is 1.67. The summed E-state index contributed by atoms with van der Waals surface area (Å²) in [5, 5.41) is 3.26. The van der Waals surface area contributed by atoms with Gasteiger partial charge in [-0.25, -0.2) is 4.98 Å². The number of piperidine rings is 1. The molecule has 0 atom stereocenters. The molecule has 2 saturated heterocycles. The zero-order valence-corrected chi connectivity index (χ0v) is 16.5. The second-order valence-electron chi connectivity index (χ2n) is 6.98. The van der Waals surface area contributed by atoms with Crippen molar-refractivity contribution in [2.24, 2.45) is 0 Å². The minimum atomic E-state index is -0.395. The van der Waals surface area contributed by atoms with Crippen molar-refractivity contribution in [2.75, 3.05) is 50.7 Å². The van der Waals surface area contributed by atoms with Crippen LogP contribution in [0.4, 0.5) is 17.5 Å². The van der Waals surface area contributed by atoms with Gasteiger partial charge in [0.1, 0.15) is 17.3 Å². The molecule has 0 saturated carbocycles. The molecule has 2 aliphatic rings. The summed E-state index contributed by atoms with van der Waals surface area (Å²) >= 11 is 0. The monoisotopic (exact) mass is 386 g/mol. The molecule has 0 amide bonds. The third kappa shape index (κ3) is 3.83. The highest BCUT2D eigenvalue weighted by atomic mass is 16.7. The largest absolute Gasteiger partial charge is 0.497 e. The van der Waals surface area contributed by atoms with Crippen LogP contribution in [0, 0.1) is 6.92 Å². The molecule has 2 fully saturated rings. The van der Waals surface area contributed by atoms with Crippen LogP contribution in [0.25, 0.3) is 0 Å². The molecule has 150 valence electrons. The van der Waals surface area contributed by atoms with Crippen molar-refractivity contribution >= 4 is 17.5 Å². The highest BCUT2D eigenvalue weighted by molar-refractivity contribution is 5.65. The van der Waals surface area contributed by atoms with E-state index in [-0.39, 0.29) is 0 Å². The Morgan fingerprint density at radius 2 is 1.79 bits per heavy atom. The summed E-state index contributed by atoms with van der Waals surface area (Å²) in [5.74, 6) is 2.45. The first kappa shape index (κ1) is 18.8. The van der Waals surface area contributed by atoms with Crippen molar-refractivity contribution in [3.63, 3.8) is 0 Å². The number of hydrogen-bond acceptors (Lipinski definition) is 8. The van der Waals surface area contributed by atoms with Gasteiger partial charge in [-0.3, -0.25) is 0 Å². The first-order valence-corrected chi connectivity index (χ1v) is 9.48. The molecule has 0 bridgehead atoms. The fraction of sp³-hybridized carbons (Fsp3) is 0.500. The molecule has 0 unspecified atom stereocenters. The zero-order valence-electron chi connectivity index (χ0n) is 16.5. The van der Waals surface area contributed by atoms with Crippen LogP contribution >= 0.6 is 0 Å². The van der Waals surface area contributed by atoms with Gasteiger partial charge >= 0.3 is 0 Å². The summed E-state index contributed by atoms with van der Waals surface area (Å²) < 4.78 is 22.4. The third-order valence-corrected chi connectivity index (χ3v) is 5.16. The van der Waals surface area contributed by atoms with E-state index in [1.54, 1.807) is 14.2 Å². The first-order chi connectivity index (χ1) is 13.6. The summed E-state index contributed by atoms with van der Waals surface area (Å²) in [4.78, 5) is 11.5. The van der Waals surface area contributed by atoms with Crippen LogP contribution < -0.4 is 19.7 Å². The molecule has 1 N–H and O–H groups in total. The molecule has 4 rings (SSSR count). The number of aryl methyl sites for hydroxylation is 1. The third-order valence-electron chi connectivity index (χ3n) is 5.16. The van der Waals surface area contributed by atoms with Gasteiger partial charge in [0.05, 0.1) is 33.1 Å².